The Bertz CT molecular complexity index is 370. The highest BCUT2D eigenvalue weighted by atomic mass is 16.5. The van der Waals surface area contributed by atoms with Gasteiger partial charge < -0.3 is 15.0 Å². The molecule has 2 fully saturated rings. The lowest BCUT2D eigenvalue weighted by Gasteiger charge is -2.37. The second kappa shape index (κ2) is 6.57. The van der Waals surface area contributed by atoms with Gasteiger partial charge in [-0.05, 0) is 32.1 Å². The van der Waals surface area contributed by atoms with E-state index in [1.54, 1.807) is 0 Å². The maximum absolute atomic E-state index is 12.7. The van der Waals surface area contributed by atoms with E-state index in [2.05, 4.69) is 19.2 Å². The van der Waals surface area contributed by atoms with Crippen LogP contribution in [-0.2, 0) is 14.3 Å². The van der Waals surface area contributed by atoms with Gasteiger partial charge in [0.1, 0.15) is 6.04 Å². The molecule has 2 heterocycles. The predicted molar refractivity (Wildman–Crippen MR) is 76.2 cm³/mol. The molecule has 0 aromatic heterocycles. The molecule has 0 aromatic rings. The van der Waals surface area contributed by atoms with Crippen molar-refractivity contribution in [1.82, 2.24) is 10.2 Å². The zero-order valence-electron chi connectivity index (χ0n) is 12.7. The molecule has 0 bridgehead atoms. The Morgan fingerprint density at radius 1 is 1.40 bits per heavy atom. The van der Waals surface area contributed by atoms with Gasteiger partial charge in [-0.1, -0.05) is 13.8 Å². The Hall–Kier alpha value is -1.10. The second-order valence-electron chi connectivity index (χ2n) is 6.39. The number of amides is 2. The maximum atomic E-state index is 12.7. The van der Waals surface area contributed by atoms with Crippen LogP contribution >= 0.6 is 0 Å². The number of ether oxygens (including phenoxy) is 1. The van der Waals surface area contributed by atoms with Gasteiger partial charge in [-0.15, -0.1) is 0 Å². The van der Waals surface area contributed by atoms with Crippen LogP contribution in [0.4, 0.5) is 0 Å². The number of hydrogen-bond donors (Lipinski definition) is 1. The lowest BCUT2D eigenvalue weighted by Crippen LogP contribution is -2.51. The molecule has 20 heavy (non-hydrogen) atoms. The quantitative estimate of drug-likeness (QED) is 0.849. The second-order valence-corrected chi connectivity index (χ2v) is 6.39. The van der Waals surface area contributed by atoms with Crippen LogP contribution < -0.4 is 5.32 Å². The smallest absolute Gasteiger partial charge is 0.245 e. The standard InChI is InChI=1S/C15H26N2O3/c1-10(2)8-13-15(19)17(6-4-14(18)16-13)12-5-7-20-11(3)9-12/h10-13H,4-9H2,1-3H3,(H,16,18). The van der Waals surface area contributed by atoms with Crippen molar-refractivity contribution in [3.63, 3.8) is 0 Å². The van der Waals surface area contributed by atoms with E-state index < -0.39 is 0 Å². The molecule has 0 saturated carbocycles. The zero-order valence-corrected chi connectivity index (χ0v) is 12.7. The van der Waals surface area contributed by atoms with Gasteiger partial charge in [-0.2, -0.15) is 0 Å². The average Bonchev–Trinajstić information content (AvgIpc) is 2.49. The van der Waals surface area contributed by atoms with Gasteiger partial charge in [-0.25, -0.2) is 0 Å². The van der Waals surface area contributed by atoms with E-state index in [9.17, 15) is 9.59 Å². The van der Waals surface area contributed by atoms with Crippen LogP contribution in [0.3, 0.4) is 0 Å². The molecular formula is C15H26N2O3. The summed E-state index contributed by atoms with van der Waals surface area (Å²) >= 11 is 0. The summed E-state index contributed by atoms with van der Waals surface area (Å²) in [7, 11) is 0. The van der Waals surface area contributed by atoms with Gasteiger partial charge in [0, 0.05) is 25.6 Å². The largest absolute Gasteiger partial charge is 0.378 e. The van der Waals surface area contributed by atoms with Crippen molar-refractivity contribution in [2.45, 2.75) is 64.6 Å². The SMILES string of the molecule is CC(C)CC1NC(=O)CCN(C2CCOC(C)C2)C1=O. The average molecular weight is 282 g/mol. The normalized spacial score (nSPS) is 32.2. The highest BCUT2D eigenvalue weighted by molar-refractivity contribution is 5.90. The van der Waals surface area contributed by atoms with Crippen LogP contribution in [-0.4, -0.2) is 48.1 Å². The molecule has 2 aliphatic rings. The van der Waals surface area contributed by atoms with E-state index in [4.69, 9.17) is 4.74 Å². The van der Waals surface area contributed by atoms with Crippen molar-refractivity contribution in [1.29, 1.82) is 0 Å². The van der Waals surface area contributed by atoms with E-state index in [-0.39, 0.29) is 30.0 Å². The molecule has 5 nitrogen and oxygen atoms in total. The first kappa shape index (κ1) is 15.3. The molecule has 2 rings (SSSR count). The van der Waals surface area contributed by atoms with Crippen molar-refractivity contribution in [2.75, 3.05) is 13.2 Å². The molecule has 3 atom stereocenters. The molecule has 0 radical (unpaired) electrons. The molecule has 2 aliphatic heterocycles. The summed E-state index contributed by atoms with van der Waals surface area (Å²) in [5.41, 5.74) is 0. The third-order valence-electron chi connectivity index (χ3n) is 4.10. The first-order chi connectivity index (χ1) is 9.47. The Morgan fingerprint density at radius 3 is 2.80 bits per heavy atom. The Balaban J connectivity index is 2.10. The Kier molecular flexibility index (Phi) is 5.02. The van der Waals surface area contributed by atoms with Crippen LogP contribution in [0.1, 0.15) is 46.5 Å². The van der Waals surface area contributed by atoms with Crippen molar-refractivity contribution < 1.29 is 14.3 Å². The fourth-order valence-corrected chi connectivity index (χ4v) is 3.11. The molecular weight excluding hydrogens is 256 g/mol. The summed E-state index contributed by atoms with van der Waals surface area (Å²) in [6, 6.07) is -0.142. The topological polar surface area (TPSA) is 58.6 Å². The fourth-order valence-electron chi connectivity index (χ4n) is 3.11. The van der Waals surface area contributed by atoms with Gasteiger partial charge in [0.25, 0.3) is 0 Å². The molecule has 3 unspecified atom stereocenters. The van der Waals surface area contributed by atoms with Crippen molar-refractivity contribution in [3.8, 4) is 0 Å². The molecule has 1 N–H and O–H groups in total. The van der Waals surface area contributed by atoms with Gasteiger partial charge in [0.15, 0.2) is 0 Å². The highest BCUT2D eigenvalue weighted by Crippen LogP contribution is 2.22. The number of carbonyl (C=O) groups excluding carboxylic acids is 2. The summed E-state index contributed by atoms with van der Waals surface area (Å²) < 4.78 is 5.56. The lowest BCUT2D eigenvalue weighted by atomic mass is 9.99. The van der Waals surface area contributed by atoms with Crippen molar-refractivity contribution in [3.05, 3.63) is 0 Å². The minimum Gasteiger partial charge on any atom is -0.378 e. The highest BCUT2D eigenvalue weighted by Gasteiger charge is 2.35. The van der Waals surface area contributed by atoms with Gasteiger partial charge in [0.2, 0.25) is 11.8 Å². The van der Waals surface area contributed by atoms with E-state index >= 15 is 0 Å². The Morgan fingerprint density at radius 2 is 2.15 bits per heavy atom. The van der Waals surface area contributed by atoms with E-state index in [1.165, 1.54) is 0 Å². The number of rotatable bonds is 3. The van der Waals surface area contributed by atoms with Crippen molar-refractivity contribution in [2.24, 2.45) is 5.92 Å². The van der Waals surface area contributed by atoms with E-state index in [0.29, 0.717) is 31.9 Å². The van der Waals surface area contributed by atoms with Gasteiger partial charge in [0.05, 0.1) is 6.10 Å². The molecule has 0 spiro atoms. The number of carbonyl (C=O) groups is 2. The van der Waals surface area contributed by atoms with E-state index in [1.807, 2.05) is 11.8 Å². The third-order valence-corrected chi connectivity index (χ3v) is 4.10. The Labute approximate surface area is 121 Å². The van der Waals surface area contributed by atoms with Gasteiger partial charge in [-0.3, -0.25) is 9.59 Å². The third kappa shape index (κ3) is 3.72. The number of hydrogen-bond acceptors (Lipinski definition) is 3. The monoisotopic (exact) mass is 282 g/mol. The van der Waals surface area contributed by atoms with Crippen LogP contribution in [0.2, 0.25) is 0 Å². The fraction of sp³-hybridized carbons (Fsp3) is 0.867. The summed E-state index contributed by atoms with van der Waals surface area (Å²) in [5.74, 6) is 0.466. The molecule has 0 aliphatic carbocycles. The molecule has 0 aromatic carbocycles. The van der Waals surface area contributed by atoms with Crippen LogP contribution in [0.5, 0.6) is 0 Å². The first-order valence-electron chi connectivity index (χ1n) is 7.68. The maximum Gasteiger partial charge on any atom is 0.245 e. The minimum absolute atomic E-state index is 0.00777. The number of nitrogens with one attached hydrogen (secondary N) is 1. The van der Waals surface area contributed by atoms with E-state index in [0.717, 1.165) is 12.8 Å². The van der Waals surface area contributed by atoms with Crippen molar-refractivity contribution >= 4 is 11.8 Å². The summed E-state index contributed by atoms with van der Waals surface area (Å²) in [4.78, 5) is 26.4. The van der Waals surface area contributed by atoms with Crippen LogP contribution in [0.15, 0.2) is 0 Å². The molecule has 2 saturated heterocycles. The summed E-state index contributed by atoms with van der Waals surface area (Å²) in [6.45, 7) is 7.43. The minimum atomic E-state index is -0.358. The van der Waals surface area contributed by atoms with Crippen LogP contribution in [0, 0.1) is 5.92 Å². The molecule has 114 valence electrons. The van der Waals surface area contributed by atoms with Crippen LogP contribution in [0.25, 0.3) is 0 Å². The zero-order chi connectivity index (χ0) is 14.7. The first-order valence-corrected chi connectivity index (χ1v) is 7.68. The lowest BCUT2D eigenvalue weighted by molar-refractivity contribution is -0.138. The summed E-state index contributed by atoms with van der Waals surface area (Å²) in [6.07, 6.45) is 3.05. The summed E-state index contributed by atoms with van der Waals surface area (Å²) in [5, 5.41) is 2.88. The number of nitrogens with zero attached hydrogens (tertiary/aromatic N) is 1. The molecule has 2 amide bonds. The van der Waals surface area contributed by atoms with Gasteiger partial charge >= 0.3 is 0 Å². The molecule has 5 heteroatoms. The predicted octanol–water partition coefficient (Wildman–Crippen LogP) is 1.32.